The van der Waals surface area contributed by atoms with E-state index < -0.39 is 45.6 Å². The van der Waals surface area contributed by atoms with Crippen LogP contribution in [0.15, 0.2) is 36.8 Å². The van der Waals surface area contributed by atoms with Gasteiger partial charge in [-0.3, -0.25) is 15.0 Å². The predicted molar refractivity (Wildman–Crippen MR) is 147 cm³/mol. The molecule has 236 valence electrons. The van der Waals surface area contributed by atoms with E-state index in [9.17, 15) is 40.4 Å². The number of aromatic nitrogens is 3. The molecule has 2 N–H and O–H groups in total. The zero-order chi connectivity index (χ0) is 29.2. The first-order chi connectivity index (χ1) is 18.8. The zero-order valence-electron chi connectivity index (χ0n) is 22.1. The lowest BCUT2D eigenvalue weighted by Gasteiger charge is -2.43. The van der Waals surface area contributed by atoms with Crippen molar-refractivity contribution in [2.75, 3.05) is 31.1 Å². The molecule has 2 aromatic heterocycles. The number of carbonyl (C=O) groups excluding carboxylic acids is 1. The molecular formula is C24H31Cl2F5N6O4S. The first-order valence-electron chi connectivity index (χ1n) is 12.7. The third kappa shape index (κ3) is 7.21. The minimum atomic E-state index is -5.61. The van der Waals surface area contributed by atoms with E-state index in [-0.39, 0.29) is 75.3 Å². The summed E-state index contributed by atoms with van der Waals surface area (Å²) in [7, 11) is -4.20. The molecule has 2 aliphatic heterocycles. The van der Waals surface area contributed by atoms with Crippen molar-refractivity contribution < 1.29 is 40.4 Å². The summed E-state index contributed by atoms with van der Waals surface area (Å²) in [5.74, 6) is -5.56. The number of hydrogen-bond acceptors (Lipinski definition) is 8. The van der Waals surface area contributed by atoms with Crippen molar-refractivity contribution in [2.24, 2.45) is 0 Å². The van der Waals surface area contributed by atoms with Crippen LogP contribution in [-0.4, -0.2) is 81.8 Å². The predicted octanol–water partition coefficient (Wildman–Crippen LogP) is 3.90. The van der Waals surface area contributed by atoms with Crippen LogP contribution in [0.25, 0.3) is 0 Å². The maximum atomic E-state index is 13.8. The number of amides is 1. The second-order valence-corrected chi connectivity index (χ2v) is 12.2. The lowest BCUT2D eigenvalue weighted by molar-refractivity contribution is -0.284. The van der Waals surface area contributed by atoms with Gasteiger partial charge in [-0.15, -0.1) is 24.8 Å². The molecule has 2 saturated heterocycles. The van der Waals surface area contributed by atoms with Crippen LogP contribution >= 0.6 is 24.8 Å². The summed E-state index contributed by atoms with van der Waals surface area (Å²) in [5.41, 5.74) is 2.33. The summed E-state index contributed by atoms with van der Waals surface area (Å²) in [6, 6.07) is 4.65. The van der Waals surface area contributed by atoms with E-state index in [0.29, 0.717) is 24.5 Å². The molecule has 4 rings (SSSR count). The highest BCUT2D eigenvalue weighted by atomic mass is 35.5. The zero-order valence-corrected chi connectivity index (χ0v) is 24.6. The van der Waals surface area contributed by atoms with Crippen LogP contribution in [0.5, 0.6) is 0 Å². The van der Waals surface area contributed by atoms with Gasteiger partial charge in [-0.2, -0.15) is 22.0 Å². The number of carbonyl (C=O) groups is 1. The number of anilines is 1. The first-order valence-corrected chi connectivity index (χ1v) is 14.1. The van der Waals surface area contributed by atoms with Crippen LogP contribution in [0.3, 0.4) is 0 Å². The SMILES string of the molecule is Cl.Cl.O=C(NO)C1(S(=O)(=O)N2CCC(c3ccc(CCC(F)(F)C(F)(F)F)cn3)CC2)CCN(c2ncccn2)CC1. The molecule has 2 aliphatic rings. The number of sulfonamides is 1. The van der Waals surface area contributed by atoms with Crippen molar-refractivity contribution in [1.29, 1.82) is 0 Å². The highest BCUT2D eigenvalue weighted by Crippen LogP contribution is 2.40. The smallest absolute Gasteiger partial charge is 0.341 e. The number of hydroxylamine groups is 1. The molecule has 0 spiro atoms. The molecule has 0 atom stereocenters. The molecule has 18 heteroatoms. The van der Waals surface area contributed by atoms with E-state index in [4.69, 9.17) is 0 Å². The normalized spacial score (nSPS) is 18.5. The number of nitrogens with one attached hydrogen (secondary N) is 1. The van der Waals surface area contributed by atoms with Crippen LogP contribution in [0.1, 0.15) is 49.3 Å². The van der Waals surface area contributed by atoms with E-state index in [1.807, 2.05) is 0 Å². The third-order valence-corrected chi connectivity index (χ3v) is 10.2. The van der Waals surface area contributed by atoms with Crippen molar-refractivity contribution in [3.8, 4) is 0 Å². The molecule has 0 aliphatic carbocycles. The van der Waals surface area contributed by atoms with Gasteiger partial charge in [-0.1, -0.05) is 6.07 Å². The number of pyridine rings is 1. The Morgan fingerprint density at radius 2 is 1.60 bits per heavy atom. The fourth-order valence-corrected chi connectivity index (χ4v) is 7.30. The monoisotopic (exact) mass is 664 g/mol. The van der Waals surface area contributed by atoms with Crippen LogP contribution in [0, 0.1) is 0 Å². The highest BCUT2D eigenvalue weighted by molar-refractivity contribution is 7.91. The van der Waals surface area contributed by atoms with Gasteiger partial charge in [0.15, 0.2) is 4.75 Å². The van der Waals surface area contributed by atoms with E-state index >= 15 is 0 Å². The number of piperidine rings is 2. The Bertz CT molecular complexity index is 1280. The van der Waals surface area contributed by atoms with Crippen LogP contribution in [0.2, 0.25) is 0 Å². The van der Waals surface area contributed by atoms with Gasteiger partial charge < -0.3 is 4.90 Å². The summed E-state index contributed by atoms with van der Waals surface area (Å²) in [4.78, 5) is 27.1. The summed E-state index contributed by atoms with van der Waals surface area (Å²) in [6.07, 6.45) is -2.58. The van der Waals surface area contributed by atoms with Crippen molar-refractivity contribution in [3.05, 3.63) is 48.0 Å². The van der Waals surface area contributed by atoms with E-state index in [0.717, 1.165) is 0 Å². The molecule has 0 aromatic carbocycles. The molecule has 10 nitrogen and oxygen atoms in total. The lowest BCUT2D eigenvalue weighted by Crippen LogP contribution is -2.62. The number of nitrogens with zero attached hydrogens (tertiary/aromatic N) is 5. The Balaban J connectivity index is 0.00000308. The van der Waals surface area contributed by atoms with Crippen LogP contribution in [-0.2, 0) is 21.2 Å². The maximum Gasteiger partial charge on any atom is 0.453 e. The van der Waals surface area contributed by atoms with Crippen molar-refractivity contribution in [1.82, 2.24) is 24.7 Å². The Kier molecular flexibility index (Phi) is 11.9. The van der Waals surface area contributed by atoms with E-state index in [2.05, 4.69) is 15.0 Å². The quantitative estimate of drug-likeness (QED) is 0.247. The summed E-state index contributed by atoms with van der Waals surface area (Å²) < 4.78 is 90.5. The number of halogens is 7. The Morgan fingerprint density at radius 3 is 2.10 bits per heavy atom. The number of aryl methyl sites for hydroxylation is 1. The fourth-order valence-electron chi connectivity index (χ4n) is 5.13. The first kappa shape index (κ1) is 35.8. The number of rotatable bonds is 8. The van der Waals surface area contributed by atoms with Crippen molar-refractivity contribution in [2.45, 2.75) is 61.3 Å². The van der Waals surface area contributed by atoms with E-state index in [1.165, 1.54) is 22.0 Å². The van der Waals surface area contributed by atoms with Gasteiger partial charge in [0.2, 0.25) is 16.0 Å². The van der Waals surface area contributed by atoms with Crippen LogP contribution < -0.4 is 10.4 Å². The second kappa shape index (κ2) is 13.9. The average molecular weight is 666 g/mol. The molecular weight excluding hydrogens is 634 g/mol. The molecule has 4 heterocycles. The Hall–Kier alpha value is -2.40. The van der Waals surface area contributed by atoms with E-state index in [1.54, 1.807) is 29.4 Å². The average Bonchev–Trinajstić information content (AvgIpc) is 2.96. The Morgan fingerprint density at radius 1 is 1.00 bits per heavy atom. The molecule has 2 fully saturated rings. The van der Waals surface area contributed by atoms with Crippen molar-refractivity contribution >= 4 is 46.7 Å². The molecule has 0 bridgehead atoms. The number of hydrogen-bond donors (Lipinski definition) is 2. The van der Waals surface area contributed by atoms with Gasteiger partial charge in [-0.05, 0) is 49.8 Å². The largest absolute Gasteiger partial charge is 0.453 e. The van der Waals surface area contributed by atoms with Gasteiger partial charge in [0, 0.05) is 62.8 Å². The van der Waals surface area contributed by atoms with Gasteiger partial charge in [-0.25, -0.2) is 28.2 Å². The molecule has 42 heavy (non-hydrogen) atoms. The fraction of sp³-hybridized carbons (Fsp3) is 0.583. The Labute approximate surface area is 251 Å². The van der Waals surface area contributed by atoms with Gasteiger partial charge in [0.25, 0.3) is 5.91 Å². The van der Waals surface area contributed by atoms with Gasteiger partial charge in [0.1, 0.15) is 0 Å². The summed E-state index contributed by atoms with van der Waals surface area (Å²) in [6.45, 7) is 0.525. The van der Waals surface area contributed by atoms with Crippen LogP contribution in [0.4, 0.5) is 27.9 Å². The molecule has 0 radical (unpaired) electrons. The highest BCUT2D eigenvalue weighted by Gasteiger charge is 2.57. The third-order valence-electron chi connectivity index (χ3n) is 7.62. The minimum absolute atomic E-state index is 0. The second-order valence-electron chi connectivity index (χ2n) is 9.94. The minimum Gasteiger partial charge on any atom is -0.341 e. The van der Waals surface area contributed by atoms with Crippen molar-refractivity contribution in [3.63, 3.8) is 0 Å². The lowest BCUT2D eigenvalue weighted by atomic mass is 9.93. The molecule has 0 saturated carbocycles. The molecule has 1 amide bonds. The summed E-state index contributed by atoms with van der Waals surface area (Å²) >= 11 is 0. The topological polar surface area (TPSA) is 129 Å². The van der Waals surface area contributed by atoms with Gasteiger partial charge >= 0.3 is 12.1 Å². The van der Waals surface area contributed by atoms with Gasteiger partial charge in [0.05, 0.1) is 0 Å². The summed E-state index contributed by atoms with van der Waals surface area (Å²) in [5, 5.41) is 9.41. The standard InChI is InChI=1S/C24H29F5N6O4S.2ClH/c25-23(26,24(27,28)29)7-4-17-2-3-19(32-16-17)18-5-12-35(13-6-18)40(38,39)22(20(36)33-37)8-14-34(15-9-22)21-30-10-1-11-31-21;;/h1-3,10-11,16,18,37H,4-9,12-15H2,(H,33,36);2*1H. The number of alkyl halides is 5. The maximum absolute atomic E-state index is 13.8. The molecule has 0 unspecified atom stereocenters. The molecule has 2 aromatic rings.